The summed E-state index contributed by atoms with van der Waals surface area (Å²) in [6.45, 7) is 5.39. The minimum atomic E-state index is 0.496. The van der Waals surface area contributed by atoms with E-state index in [1.165, 1.54) is 24.8 Å². The average Bonchev–Trinajstić information content (AvgIpc) is 3.22. The van der Waals surface area contributed by atoms with Crippen molar-refractivity contribution in [2.24, 2.45) is 17.6 Å². The van der Waals surface area contributed by atoms with Crippen LogP contribution < -0.4 is 5.73 Å². The van der Waals surface area contributed by atoms with Crippen LogP contribution in [0.25, 0.3) is 0 Å². The fourth-order valence-electron chi connectivity index (χ4n) is 3.06. The van der Waals surface area contributed by atoms with E-state index in [9.17, 15) is 0 Å². The van der Waals surface area contributed by atoms with Crippen molar-refractivity contribution >= 4 is 0 Å². The smallest absolute Gasteiger partial charge is 0.0351 e. The lowest BCUT2D eigenvalue weighted by molar-refractivity contribution is 0.141. The Labute approximate surface area is 118 Å². The maximum Gasteiger partial charge on any atom is 0.0351 e. The van der Waals surface area contributed by atoms with Crippen molar-refractivity contribution in [2.45, 2.75) is 45.2 Å². The number of nitrogens with two attached hydrogens (primary N) is 1. The molecule has 2 rings (SSSR count). The van der Waals surface area contributed by atoms with Gasteiger partial charge in [-0.25, -0.2) is 0 Å². The Morgan fingerprint density at radius 2 is 1.84 bits per heavy atom. The van der Waals surface area contributed by atoms with Gasteiger partial charge in [0.1, 0.15) is 0 Å². The van der Waals surface area contributed by atoms with Crippen molar-refractivity contribution in [1.82, 2.24) is 4.90 Å². The fraction of sp³-hybridized carbons (Fsp3) is 0.647. The van der Waals surface area contributed by atoms with Crippen LogP contribution in [0.5, 0.6) is 0 Å². The van der Waals surface area contributed by atoms with E-state index in [0.29, 0.717) is 18.0 Å². The summed E-state index contributed by atoms with van der Waals surface area (Å²) in [5, 5.41) is 0. The molecule has 1 aliphatic rings. The van der Waals surface area contributed by atoms with Crippen molar-refractivity contribution < 1.29 is 0 Å². The van der Waals surface area contributed by atoms with E-state index in [1.54, 1.807) is 0 Å². The maximum absolute atomic E-state index is 6.02. The monoisotopic (exact) mass is 260 g/mol. The summed E-state index contributed by atoms with van der Waals surface area (Å²) >= 11 is 0. The normalized spacial score (nSPS) is 18.8. The van der Waals surface area contributed by atoms with Crippen LogP contribution in [0, 0.1) is 11.8 Å². The number of hydrogen-bond donors (Lipinski definition) is 1. The Hall–Kier alpha value is -0.860. The molecule has 0 radical (unpaired) electrons. The van der Waals surface area contributed by atoms with Crippen LogP contribution in [0.15, 0.2) is 30.3 Å². The van der Waals surface area contributed by atoms with Crippen LogP contribution in [0.2, 0.25) is 0 Å². The zero-order valence-corrected chi connectivity index (χ0v) is 12.5. The van der Waals surface area contributed by atoms with E-state index < -0.39 is 0 Å². The fourth-order valence-corrected chi connectivity index (χ4v) is 3.06. The molecule has 106 valence electrons. The van der Waals surface area contributed by atoms with E-state index in [1.807, 2.05) is 0 Å². The second-order valence-corrected chi connectivity index (χ2v) is 6.36. The molecule has 0 aliphatic heterocycles. The molecule has 1 aromatic rings. The summed E-state index contributed by atoms with van der Waals surface area (Å²) < 4.78 is 0. The molecule has 1 saturated carbocycles. The van der Waals surface area contributed by atoms with Gasteiger partial charge in [0.2, 0.25) is 0 Å². The van der Waals surface area contributed by atoms with Crippen molar-refractivity contribution in [3.63, 3.8) is 0 Å². The van der Waals surface area contributed by atoms with Crippen LogP contribution in [-0.2, 0) is 0 Å². The van der Waals surface area contributed by atoms with Crippen LogP contribution >= 0.6 is 0 Å². The Morgan fingerprint density at radius 3 is 2.32 bits per heavy atom. The van der Waals surface area contributed by atoms with Gasteiger partial charge in [-0.2, -0.15) is 0 Å². The number of benzene rings is 1. The minimum absolute atomic E-state index is 0.496. The Balaban J connectivity index is 2.16. The van der Waals surface area contributed by atoms with Gasteiger partial charge in [-0.15, -0.1) is 0 Å². The second-order valence-electron chi connectivity index (χ2n) is 6.36. The minimum Gasteiger partial charge on any atom is -0.329 e. The molecule has 2 nitrogen and oxygen atoms in total. The van der Waals surface area contributed by atoms with Gasteiger partial charge in [-0.05, 0) is 43.7 Å². The number of nitrogens with zero attached hydrogens (tertiary/aromatic N) is 1. The molecule has 0 spiro atoms. The molecule has 0 aromatic heterocycles. The molecular weight excluding hydrogens is 232 g/mol. The zero-order chi connectivity index (χ0) is 13.8. The topological polar surface area (TPSA) is 29.3 Å². The summed E-state index contributed by atoms with van der Waals surface area (Å²) in [5.74, 6) is 1.53. The first-order valence-electron chi connectivity index (χ1n) is 7.60. The van der Waals surface area contributed by atoms with Crippen molar-refractivity contribution in [3.8, 4) is 0 Å². The standard InChI is InChI=1S/C17H28N2/c1-13(2)11-16(14-7-5-4-6-8-14)19(3)17(12-18)15-9-10-15/h4-8,13,15-17H,9-12,18H2,1-3H3. The van der Waals surface area contributed by atoms with E-state index in [-0.39, 0.29) is 0 Å². The third-order valence-corrected chi connectivity index (χ3v) is 4.30. The molecule has 2 unspecified atom stereocenters. The highest BCUT2D eigenvalue weighted by Crippen LogP contribution is 2.38. The summed E-state index contributed by atoms with van der Waals surface area (Å²) in [5.41, 5.74) is 7.45. The zero-order valence-electron chi connectivity index (χ0n) is 12.5. The van der Waals surface area contributed by atoms with Gasteiger partial charge in [0.25, 0.3) is 0 Å². The van der Waals surface area contributed by atoms with E-state index in [2.05, 4.69) is 56.1 Å². The van der Waals surface area contributed by atoms with Crippen molar-refractivity contribution in [3.05, 3.63) is 35.9 Å². The highest BCUT2D eigenvalue weighted by atomic mass is 15.2. The Bertz CT molecular complexity index is 370. The van der Waals surface area contributed by atoms with Crippen molar-refractivity contribution in [1.29, 1.82) is 0 Å². The third kappa shape index (κ3) is 3.80. The summed E-state index contributed by atoms with van der Waals surface area (Å²) in [4.78, 5) is 2.53. The van der Waals surface area contributed by atoms with E-state index >= 15 is 0 Å². The van der Waals surface area contributed by atoms with Crippen LogP contribution in [0.3, 0.4) is 0 Å². The molecule has 2 N–H and O–H groups in total. The molecule has 1 fully saturated rings. The molecule has 19 heavy (non-hydrogen) atoms. The lowest BCUT2D eigenvalue weighted by Gasteiger charge is -2.36. The number of likely N-dealkylation sites (N-methyl/N-ethyl adjacent to an activating group) is 1. The predicted octanol–water partition coefficient (Wildman–Crippen LogP) is 3.44. The highest BCUT2D eigenvalue weighted by molar-refractivity contribution is 5.19. The van der Waals surface area contributed by atoms with E-state index in [4.69, 9.17) is 5.73 Å². The summed E-state index contributed by atoms with van der Waals surface area (Å²) in [6.07, 6.45) is 3.91. The molecule has 2 atom stereocenters. The molecular formula is C17H28N2. The van der Waals surface area contributed by atoms with Gasteiger partial charge >= 0.3 is 0 Å². The first-order valence-corrected chi connectivity index (χ1v) is 7.60. The number of hydrogen-bond acceptors (Lipinski definition) is 2. The maximum atomic E-state index is 6.02. The van der Waals surface area contributed by atoms with Crippen LogP contribution in [0.4, 0.5) is 0 Å². The lowest BCUT2D eigenvalue weighted by atomic mass is 9.94. The summed E-state index contributed by atoms with van der Waals surface area (Å²) in [7, 11) is 2.26. The summed E-state index contributed by atoms with van der Waals surface area (Å²) in [6, 6.07) is 11.9. The van der Waals surface area contributed by atoms with Gasteiger partial charge in [0, 0.05) is 18.6 Å². The second kappa shape index (κ2) is 6.53. The molecule has 1 aromatic carbocycles. The predicted molar refractivity (Wildman–Crippen MR) is 82.0 cm³/mol. The van der Waals surface area contributed by atoms with Gasteiger partial charge in [0.15, 0.2) is 0 Å². The molecule has 1 aliphatic carbocycles. The average molecular weight is 260 g/mol. The van der Waals surface area contributed by atoms with Crippen LogP contribution in [0.1, 0.15) is 44.7 Å². The molecule has 0 saturated heterocycles. The number of rotatable bonds is 7. The largest absolute Gasteiger partial charge is 0.329 e. The Morgan fingerprint density at radius 1 is 1.21 bits per heavy atom. The quantitative estimate of drug-likeness (QED) is 0.813. The van der Waals surface area contributed by atoms with Crippen LogP contribution in [-0.4, -0.2) is 24.5 Å². The highest BCUT2D eigenvalue weighted by Gasteiger charge is 2.35. The molecule has 0 heterocycles. The molecule has 2 heteroatoms. The Kier molecular flexibility index (Phi) is 5.00. The molecule has 0 bridgehead atoms. The van der Waals surface area contributed by atoms with Crippen molar-refractivity contribution in [2.75, 3.05) is 13.6 Å². The molecule has 0 amide bonds. The van der Waals surface area contributed by atoms with E-state index in [0.717, 1.165) is 12.5 Å². The van der Waals surface area contributed by atoms with Gasteiger partial charge in [-0.1, -0.05) is 44.2 Å². The third-order valence-electron chi connectivity index (χ3n) is 4.30. The van der Waals surface area contributed by atoms with Gasteiger partial charge < -0.3 is 5.73 Å². The lowest BCUT2D eigenvalue weighted by Crippen LogP contribution is -2.42. The SMILES string of the molecule is CC(C)CC(c1ccccc1)N(C)C(CN)C1CC1. The first-order chi connectivity index (χ1) is 9.13. The van der Waals surface area contributed by atoms with Gasteiger partial charge in [-0.3, -0.25) is 4.90 Å². The first kappa shape index (κ1) is 14.5. The van der Waals surface area contributed by atoms with Gasteiger partial charge in [0.05, 0.1) is 0 Å².